The molecule has 2 nitrogen and oxygen atoms in total. The molecule has 0 N–H and O–H groups in total. The molecule has 1 aromatic heterocycles. The van der Waals surface area contributed by atoms with Crippen molar-refractivity contribution in [1.82, 2.24) is 4.98 Å². The average Bonchev–Trinajstić information content (AvgIpc) is 2.72. The number of carbonyl (C=O) groups is 1. The molecule has 1 heterocycles. The number of rotatable bonds is 3. The van der Waals surface area contributed by atoms with E-state index in [1.54, 1.807) is 30.3 Å². The largest absolute Gasteiger partial charge is 0.418 e. The SMILES string of the molecule is O=C(c1ccc(F)cc1)c1cnc2c(C(F)(F)F)cccc2c1-c1ccccc1. The molecule has 29 heavy (non-hydrogen) atoms. The van der Waals surface area contributed by atoms with Gasteiger partial charge in [-0.3, -0.25) is 9.78 Å². The lowest BCUT2D eigenvalue weighted by Crippen LogP contribution is -2.09. The number of alkyl halides is 3. The summed E-state index contributed by atoms with van der Waals surface area (Å²) in [4.78, 5) is 17.1. The van der Waals surface area contributed by atoms with Crippen LogP contribution in [0.15, 0.2) is 79.0 Å². The number of fused-ring (bicyclic) bond motifs is 1. The second-order valence-electron chi connectivity index (χ2n) is 6.45. The van der Waals surface area contributed by atoms with Crippen LogP contribution < -0.4 is 0 Å². The van der Waals surface area contributed by atoms with Crippen LogP contribution in [0, 0.1) is 5.82 Å². The zero-order chi connectivity index (χ0) is 20.6. The topological polar surface area (TPSA) is 30.0 Å². The van der Waals surface area contributed by atoms with Crippen LogP contribution in [0.5, 0.6) is 0 Å². The first-order valence-corrected chi connectivity index (χ1v) is 8.71. The Kier molecular flexibility index (Phi) is 4.62. The van der Waals surface area contributed by atoms with Crippen molar-refractivity contribution in [3.63, 3.8) is 0 Å². The van der Waals surface area contributed by atoms with E-state index < -0.39 is 23.3 Å². The van der Waals surface area contributed by atoms with Gasteiger partial charge in [-0.05, 0) is 35.9 Å². The highest BCUT2D eigenvalue weighted by Gasteiger charge is 2.34. The van der Waals surface area contributed by atoms with E-state index in [0.29, 0.717) is 11.1 Å². The molecule has 0 saturated carbocycles. The van der Waals surface area contributed by atoms with Crippen molar-refractivity contribution in [2.75, 3.05) is 0 Å². The van der Waals surface area contributed by atoms with E-state index in [-0.39, 0.29) is 22.0 Å². The standard InChI is InChI=1S/C23H13F4NO/c24-16-11-9-15(10-12-16)22(29)18-13-28-21-17(7-4-8-19(21)23(25,26)27)20(18)14-5-2-1-3-6-14/h1-13H. The molecule has 144 valence electrons. The molecule has 0 fully saturated rings. The summed E-state index contributed by atoms with van der Waals surface area (Å²) in [6.07, 6.45) is -3.42. The van der Waals surface area contributed by atoms with Crippen molar-refractivity contribution in [1.29, 1.82) is 0 Å². The van der Waals surface area contributed by atoms with Gasteiger partial charge in [0.05, 0.1) is 11.1 Å². The number of nitrogens with zero attached hydrogens (tertiary/aromatic N) is 1. The molecule has 0 unspecified atom stereocenters. The highest BCUT2D eigenvalue weighted by molar-refractivity contribution is 6.16. The Bertz CT molecular complexity index is 1200. The van der Waals surface area contributed by atoms with Gasteiger partial charge < -0.3 is 0 Å². The van der Waals surface area contributed by atoms with Gasteiger partial charge in [0.2, 0.25) is 0 Å². The highest BCUT2D eigenvalue weighted by Crippen LogP contribution is 2.38. The number of halogens is 4. The van der Waals surface area contributed by atoms with E-state index in [0.717, 1.165) is 24.4 Å². The smallest absolute Gasteiger partial charge is 0.289 e. The maximum Gasteiger partial charge on any atom is 0.418 e. The number of ketones is 1. The van der Waals surface area contributed by atoms with Crippen LogP contribution in [0.2, 0.25) is 0 Å². The Morgan fingerprint density at radius 1 is 0.828 bits per heavy atom. The summed E-state index contributed by atoms with van der Waals surface area (Å²) in [6, 6.07) is 17.5. The number of carbonyl (C=O) groups excluding carboxylic acids is 1. The fraction of sp³-hybridized carbons (Fsp3) is 0.0435. The van der Waals surface area contributed by atoms with Crippen LogP contribution in [-0.2, 0) is 6.18 Å². The second-order valence-corrected chi connectivity index (χ2v) is 6.45. The fourth-order valence-corrected chi connectivity index (χ4v) is 3.30. The first-order chi connectivity index (χ1) is 13.9. The lowest BCUT2D eigenvalue weighted by molar-refractivity contribution is -0.136. The van der Waals surface area contributed by atoms with E-state index in [1.165, 1.54) is 24.3 Å². The predicted octanol–water partition coefficient (Wildman–Crippen LogP) is 6.29. The van der Waals surface area contributed by atoms with Gasteiger partial charge in [-0.2, -0.15) is 13.2 Å². The first-order valence-electron chi connectivity index (χ1n) is 8.71. The monoisotopic (exact) mass is 395 g/mol. The summed E-state index contributed by atoms with van der Waals surface area (Å²) in [5.41, 5.74) is 0.217. The molecule has 4 rings (SSSR count). The van der Waals surface area contributed by atoms with E-state index in [4.69, 9.17) is 0 Å². The number of para-hydroxylation sites is 1. The van der Waals surface area contributed by atoms with Gasteiger partial charge in [0.15, 0.2) is 5.78 Å². The van der Waals surface area contributed by atoms with Crippen molar-refractivity contribution < 1.29 is 22.4 Å². The molecule has 0 aliphatic rings. The lowest BCUT2D eigenvalue weighted by Gasteiger charge is -2.15. The summed E-state index contributed by atoms with van der Waals surface area (Å²) in [5.74, 6) is -0.938. The predicted molar refractivity (Wildman–Crippen MR) is 102 cm³/mol. The van der Waals surface area contributed by atoms with Crippen LogP contribution >= 0.6 is 0 Å². The van der Waals surface area contributed by atoms with E-state index in [2.05, 4.69) is 4.98 Å². The maximum atomic E-state index is 13.5. The highest BCUT2D eigenvalue weighted by atomic mass is 19.4. The van der Waals surface area contributed by atoms with Crippen LogP contribution in [-0.4, -0.2) is 10.8 Å². The van der Waals surface area contributed by atoms with Crippen molar-refractivity contribution >= 4 is 16.7 Å². The summed E-state index contributed by atoms with van der Waals surface area (Å²) in [6.45, 7) is 0. The minimum absolute atomic E-state index is 0.148. The van der Waals surface area contributed by atoms with Crippen molar-refractivity contribution in [2.24, 2.45) is 0 Å². The molecule has 6 heteroatoms. The minimum Gasteiger partial charge on any atom is -0.289 e. The zero-order valence-electron chi connectivity index (χ0n) is 14.9. The van der Waals surface area contributed by atoms with Crippen LogP contribution in [0.1, 0.15) is 21.5 Å². The molecule has 0 saturated heterocycles. The van der Waals surface area contributed by atoms with E-state index >= 15 is 0 Å². The third kappa shape index (κ3) is 3.49. The Balaban J connectivity index is 2.03. The molecule has 0 atom stereocenters. The van der Waals surface area contributed by atoms with Crippen molar-refractivity contribution in [2.45, 2.75) is 6.18 Å². The number of aromatic nitrogens is 1. The van der Waals surface area contributed by atoms with Gasteiger partial charge in [0.25, 0.3) is 0 Å². The lowest BCUT2D eigenvalue weighted by atomic mass is 9.91. The van der Waals surface area contributed by atoms with E-state index in [9.17, 15) is 22.4 Å². The van der Waals surface area contributed by atoms with Crippen LogP contribution in [0.4, 0.5) is 17.6 Å². The second kappa shape index (κ2) is 7.13. The average molecular weight is 395 g/mol. The minimum atomic E-state index is -4.58. The molecule has 0 radical (unpaired) electrons. The Labute approximate surface area is 163 Å². The molecule has 0 bridgehead atoms. The van der Waals surface area contributed by atoms with Gasteiger partial charge in [-0.25, -0.2) is 4.39 Å². The number of hydrogen-bond donors (Lipinski definition) is 0. The summed E-state index contributed by atoms with van der Waals surface area (Å²) >= 11 is 0. The third-order valence-corrected chi connectivity index (χ3v) is 4.62. The zero-order valence-corrected chi connectivity index (χ0v) is 14.9. The van der Waals surface area contributed by atoms with Gasteiger partial charge in [0.1, 0.15) is 5.82 Å². The molecule has 0 amide bonds. The maximum absolute atomic E-state index is 13.5. The molecule has 0 aliphatic carbocycles. The van der Waals surface area contributed by atoms with Gasteiger partial charge in [-0.1, -0.05) is 42.5 Å². The van der Waals surface area contributed by atoms with E-state index in [1.807, 2.05) is 0 Å². The summed E-state index contributed by atoms with van der Waals surface area (Å²) in [7, 11) is 0. The molecular weight excluding hydrogens is 382 g/mol. The van der Waals surface area contributed by atoms with Crippen LogP contribution in [0.25, 0.3) is 22.0 Å². The first kappa shape index (κ1) is 18.8. The summed E-state index contributed by atoms with van der Waals surface area (Å²) < 4.78 is 53.6. The summed E-state index contributed by atoms with van der Waals surface area (Å²) in [5, 5.41) is 0.221. The number of hydrogen-bond acceptors (Lipinski definition) is 2. The number of benzene rings is 3. The fourth-order valence-electron chi connectivity index (χ4n) is 3.30. The molecule has 0 aliphatic heterocycles. The molecule has 0 spiro atoms. The molecule has 4 aromatic rings. The van der Waals surface area contributed by atoms with Gasteiger partial charge in [0, 0.05) is 28.3 Å². The normalized spacial score (nSPS) is 11.6. The van der Waals surface area contributed by atoms with Gasteiger partial charge in [-0.15, -0.1) is 0 Å². The third-order valence-electron chi connectivity index (χ3n) is 4.62. The van der Waals surface area contributed by atoms with Crippen molar-refractivity contribution in [3.8, 4) is 11.1 Å². The Morgan fingerprint density at radius 3 is 2.17 bits per heavy atom. The quantitative estimate of drug-likeness (QED) is 0.301. The number of pyridine rings is 1. The molecular formula is C23H13F4NO. The Morgan fingerprint density at radius 2 is 1.52 bits per heavy atom. The Hall–Kier alpha value is -3.54. The van der Waals surface area contributed by atoms with Crippen LogP contribution in [0.3, 0.4) is 0 Å². The molecule has 3 aromatic carbocycles. The van der Waals surface area contributed by atoms with Crippen molar-refractivity contribution in [3.05, 3.63) is 102 Å². The van der Waals surface area contributed by atoms with Gasteiger partial charge >= 0.3 is 6.18 Å².